The maximum absolute atomic E-state index is 12.5. The van der Waals surface area contributed by atoms with Crippen LogP contribution in [0.15, 0.2) is 24.5 Å². The molecule has 0 aromatic carbocycles. The van der Waals surface area contributed by atoms with E-state index < -0.39 is 17.5 Å². The van der Waals surface area contributed by atoms with Crippen molar-refractivity contribution in [2.45, 2.75) is 31.2 Å². The second kappa shape index (κ2) is 5.76. The highest BCUT2D eigenvalue weighted by molar-refractivity contribution is 5.39. The van der Waals surface area contributed by atoms with E-state index in [9.17, 15) is 18.3 Å². The number of anilines is 1. The largest absolute Gasteiger partial charge is 0.435 e. The lowest BCUT2D eigenvalue weighted by atomic mass is 9.93. The first-order valence-corrected chi connectivity index (χ1v) is 7.08. The molecule has 0 bridgehead atoms. The fraction of sp³-hybridized carbons (Fsp3) is 0.538. The van der Waals surface area contributed by atoms with Crippen molar-refractivity contribution in [3.05, 3.63) is 30.2 Å². The van der Waals surface area contributed by atoms with Gasteiger partial charge in [0.15, 0.2) is 11.5 Å². The number of piperidine rings is 1. The molecule has 1 atom stereocenters. The molecule has 1 aliphatic rings. The van der Waals surface area contributed by atoms with E-state index in [1.165, 1.54) is 16.9 Å². The van der Waals surface area contributed by atoms with E-state index in [0.29, 0.717) is 25.2 Å². The highest BCUT2D eigenvalue weighted by atomic mass is 19.4. The summed E-state index contributed by atoms with van der Waals surface area (Å²) in [5.41, 5.74) is -2.08. The standard InChI is InChI=1S/C13H15F3N6O/c14-13(15,16)10-2-3-11(19-18-10)21-6-1-4-12(23,8-21)9-22-7-5-17-20-22/h2-3,5,7,23H,1,4,6,8-9H2. The molecule has 0 radical (unpaired) electrons. The number of halogens is 3. The molecule has 10 heteroatoms. The number of rotatable bonds is 3. The van der Waals surface area contributed by atoms with Crippen molar-refractivity contribution in [2.24, 2.45) is 0 Å². The number of hydrogen-bond donors (Lipinski definition) is 1. The van der Waals surface area contributed by atoms with Crippen LogP contribution in [-0.2, 0) is 12.7 Å². The van der Waals surface area contributed by atoms with Crippen LogP contribution in [0.5, 0.6) is 0 Å². The molecule has 3 rings (SSSR count). The summed E-state index contributed by atoms with van der Waals surface area (Å²) in [5, 5.41) is 25.1. The van der Waals surface area contributed by atoms with Gasteiger partial charge < -0.3 is 10.0 Å². The van der Waals surface area contributed by atoms with E-state index >= 15 is 0 Å². The maximum Gasteiger partial charge on any atom is 0.435 e. The van der Waals surface area contributed by atoms with Crippen molar-refractivity contribution in [3.63, 3.8) is 0 Å². The van der Waals surface area contributed by atoms with Gasteiger partial charge in [-0.3, -0.25) is 0 Å². The molecule has 1 fully saturated rings. The van der Waals surface area contributed by atoms with E-state index in [1.807, 2.05) is 0 Å². The fourth-order valence-corrected chi connectivity index (χ4v) is 2.70. The molecule has 3 heterocycles. The molecule has 1 saturated heterocycles. The molecule has 0 spiro atoms. The number of hydrogen-bond acceptors (Lipinski definition) is 6. The zero-order valence-electron chi connectivity index (χ0n) is 12.1. The molecule has 0 saturated carbocycles. The third kappa shape index (κ3) is 3.58. The summed E-state index contributed by atoms with van der Waals surface area (Å²) < 4.78 is 39.1. The van der Waals surface area contributed by atoms with Crippen LogP contribution in [0.3, 0.4) is 0 Å². The summed E-state index contributed by atoms with van der Waals surface area (Å²) in [5.74, 6) is 0.315. The van der Waals surface area contributed by atoms with Gasteiger partial charge >= 0.3 is 6.18 Å². The highest BCUT2D eigenvalue weighted by Gasteiger charge is 2.36. The van der Waals surface area contributed by atoms with Crippen molar-refractivity contribution in [1.29, 1.82) is 0 Å². The van der Waals surface area contributed by atoms with E-state index in [4.69, 9.17) is 0 Å². The highest BCUT2D eigenvalue weighted by Crippen LogP contribution is 2.29. The lowest BCUT2D eigenvalue weighted by Gasteiger charge is -2.39. The third-order valence-electron chi connectivity index (χ3n) is 3.75. The van der Waals surface area contributed by atoms with Gasteiger partial charge in [-0.05, 0) is 25.0 Å². The van der Waals surface area contributed by atoms with Gasteiger partial charge in [0.1, 0.15) is 5.60 Å². The fourth-order valence-electron chi connectivity index (χ4n) is 2.70. The Morgan fingerprint density at radius 2 is 2.09 bits per heavy atom. The molecule has 0 aliphatic carbocycles. The van der Waals surface area contributed by atoms with Gasteiger partial charge in [-0.2, -0.15) is 13.2 Å². The van der Waals surface area contributed by atoms with Gasteiger partial charge in [0.2, 0.25) is 0 Å². The summed E-state index contributed by atoms with van der Waals surface area (Å²) in [6.07, 6.45) is -0.0906. The average Bonchev–Trinajstić information content (AvgIpc) is 2.99. The van der Waals surface area contributed by atoms with Gasteiger partial charge in [0.05, 0.1) is 12.7 Å². The molecule has 124 valence electrons. The molecule has 2 aromatic heterocycles. The minimum absolute atomic E-state index is 0.243. The summed E-state index contributed by atoms with van der Waals surface area (Å²) >= 11 is 0. The first kappa shape index (κ1) is 15.7. The van der Waals surface area contributed by atoms with E-state index in [2.05, 4.69) is 20.5 Å². The molecule has 1 N–H and O–H groups in total. The number of alkyl halides is 3. The van der Waals surface area contributed by atoms with Crippen LogP contribution < -0.4 is 4.90 Å². The second-order valence-electron chi connectivity index (χ2n) is 5.62. The lowest BCUT2D eigenvalue weighted by molar-refractivity contribution is -0.141. The Morgan fingerprint density at radius 3 is 2.70 bits per heavy atom. The number of aromatic nitrogens is 5. The summed E-state index contributed by atoms with van der Waals surface area (Å²) in [6.45, 7) is 1.10. The van der Waals surface area contributed by atoms with Crippen molar-refractivity contribution in [1.82, 2.24) is 25.2 Å². The Morgan fingerprint density at radius 1 is 1.26 bits per heavy atom. The molecular formula is C13H15F3N6O. The smallest absolute Gasteiger partial charge is 0.386 e. The molecule has 7 nitrogen and oxygen atoms in total. The van der Waals surface area contributed by atoms with E-state index in [-0.39, 0.29) is 13.1 Å². The number of nitrogens with zero attached hydrogens (tertiary/aromatic N) is 6. The number of aliphatic hydroxyl groups is 1. The molecular weight excluding hydrogens is 313 g/mol. The van der Waals surface area contributed by atoms with Crippen molar-refractivity contribution >= 4 is 5.82 Å². The van der Waals surface area contributed by atoms with Crippen LogP contribution in [0.2, 0.25) is 0 Å². The Bertz CT molecular complexity index is 645. The van der Waals surface area contributed by atoms with E-state index in [0.717, 1.165) is 6.07 Å². The van der Waals surface area contributed by atoms with Crippen LogP contribution >= 0.6 is 0 Å². The summed E-state index contributed by atoms with van der Waals surface area (Å²) in [6, 6.07) is 2.17. The summed E-state index contributed by atoms with van der Waals surface area (Å²) in [7, 11) is 0. The minimum Gasteiger partial charge on any atom is -0.386 e. The predicted octanol–water partition coefficient (Wildman–Crippen LogP) is 1.12. The molecule has 1 aliphatic heterocycles. The van der Waals surface area contributed by atoms with Crippen LogP contribution in [0.1, 0.15) is 18.5 Å². The van der Waals surface area contributed by atoms with Gasteiger partial charge in [-0.25, -0.2) is 4.68 Å². The monoisotopic (exact) mass is 328 g/mol. The molecule has 2 aromatic rings. The maximum atomic E-state index is 12.5. The van der Waals surface area contributed by atoms with Gasteiger partial charge in [-0.1, -0.05) is 5.21 Å². The van der Waals surface area contributed by atoms with Gasteiger partial charge in [0.25, 0.3) is 0 Å². The topological polar surface area (TPSA) is 80.0 Å². The predicted molar refractivity (Wildman–Crippen MR) is 73.5 cm³/mol. The average molecular weight is 328 g/mol. The normalized spacial score (nSPS) is 22.3. The van der Waals surface area contributed by atoms with E-state index in [1.54, 1.807) is 11.1 Å². The van der Waals surface area contributed by atoms with Crippen molar-refractivity contribution in [3.8, 4) is 0 Å². The first-order valence-electron chi connectivity index (χ1n) is 7.08. The third-order valence-corrected chi connectivity index (χ3v) is 3.75. The zero-order valence-corrected chi connectivity index (χ0v) is 12.1. The quantitative estimate of drug-likeness (QED) is 0.909. The molecule has 0 amide bonds. The van der Waals surface area contributed by atoms with Gasteiger partial charge in [-0.15, -0.1) is 15.3 Å². The Kier molecular flexibility index (Phi) is 3.92. The Hall–Kier alpha value is -2.23. The summed E-state index contributed by atoms with van der Waals surface area (Å²) in [4.78, 5) is 1.73. The lowest BCUT2D eigenvalue weighted by Crippen LogP contribution is -2.51. The molecule has 1 unspecified atom stereocenters. The number of β-amino-alcohol motifs (C(OH)–C–C–N with tert-alkyl or cyclic N) is 1. The van der Waals surface area contributed by atoms with Crippen molar-refractivity contribution < 1.29 is 18.3 Å². The minimum atomic E-state index is -4.51. The van der Waals surface area contributed by atoms with Crippen LogP contribution in [-0.4, -0.2) is 49.0 Å². The van der Waals surface area contributed by atoms with Crippen LogP contribution in [0, 0.1) is 0 Å². The van der Waals surface area contributed by atoms with Crippen LogP contribution in [0.4, 0.5) is 19.0 Å². The van der Waals surface area contributed by atoms with Crippen molar-refractivity contribution in [2.75, 3.05) is 18.0 Å². The zero-order chi connectivity index (χ0) is 16.5. The Labute approximate surface area is 129 Å². The first-order chi connectivity index (χ1) is 10.9. The molecule has 23 heavy (non-hydrogen) atoms. The Balaban J connectivity index is 1.73. The SMILES string of the molecule is OC1(Cn2ccnn2)CCCN(c2ccc(C(F)(F)F)nn2)C1. The van der Waals surface area contributed by atoms with Gasteiger partial charge in [0, 0.05) is 19.3 Å². The second-order valence-corrected chi connectivity index (χ2v) is 5.62. The van der Waals surface area contributed by atoms with Crippen LogP contribution in [0.25, 0.3) is 0 Å².